The lowest BCUT2D eigenvalue weighted by Gasteiger charge is -2.03. The first-order valence-electron chi connectivity index (χ1n) is 5.98. The predicted octanol–water partition coefficient (Wildman–Crippen LogP) is 2.19. The van der Waals surface area contributed by atoms with Gasteiger partial charge in [-0.05, 0) is 33.6 Å². The van der Waals surface area contributed by atoms with Crippen LogP contribution in [-0.4, -0.2) is 22.4 Å². The molecule has 0 radical (unpaired) electrons. The molecule has 1 aliphatic rings. The second kappa shape index (κ2) is 4.42. The van der Waals surface area contributed by atoms with Crippen molar-refractivity contribution < 1.29 is 0 Å². The van der Waals surface area contributed by atoms with Crippen LogP contribution in [0.4, 0.5) is 0 Å². The van der Waals surface area contributed by atoms with Crippen molar-refractivity contribution in [1.82, 2.24) is 15.1 Å². The molecule has 1 aliphatic carbocycles. The zero-order valence-corrected chi connectivity index (χ0v) is 10.7. The summed E-state index contributed by atoms with van der Waals surface area (Å²) in [5.74, 6) is 0. The number of nitrogens with zero attached hydrogens (tertiary/aromatic N) is 2. The van der Waals surface area contributed by atoms with Crippen molar-refractivity contribution in [3.63, 3.8) is 0 Å². The van der Waals surface area contributed by atoms with Gasteiger partial charge in [0.1, 0.15) is 0 Å². The highest BCUT2D eigenvalue weighted by molar-refractivity contribution is 5.57. The molecule has 0 spiro atoms. The first kappa shape index (κ1) is 11.4. The summed E-state index contributed by atoms with van der Waals surface area (Å²) in [6.07, 6.45) is 4.95. The topological polar surface area (TPSA) is 29.9 Å². The Bertz CT molecular complexity index is 411. The van der Waals surface area contributed by atoms with Gasteiger partial charge in [0.25, 0.3) is 0 Å². The van der Waals surface area contributed by atoms with Gasteiger partial charge in [-0.15, -0.1) is 0 Å². The van der Waals surface area contributed by atoms with Crippen LogP contribution in [0.25, 0.3) is 6.08 Å². The molecule has 0 atom stereocenters. The van der Waals surface area contributed by atoms with Gasteiger partial charge in [-0.25, -0.2) is 0 Å². The lowest BCUT2D eigenvalue weighted by atomic mass is 10.1. The molecule has 0 saturated heterocycles. The average Bonchev–Trinajstić information content (AvgIpc) is 3.01. The normalized spacial score (nSPS) is 16.9. The van der Waals surface area contributed by atoms with Crippen molar-refractivity contribution in [3.8, 4) is 0 Å². The highest BCUT2D eigenvalue weighted by Crippen LogP contribution is 2.20. The first-order chi connectivity index (χ1) is 7.58. The Hall–Kier alpha value is -1.09. The van der Waals surface area contributed by atoms with Gasteiger partial charge in [0.2, 0.25) is 0 Å². The van der Waals surface area contributed by atoms with E-state index in [0.29, 0.717) is 0 Å². The SMILES string of the molecule is CC(=Cc1c(C)nn(C)c1C)CNC1CC1. The molecule has 1 saturated carbocycles. The summed E-state index contributed by atoms with van der Waals surface area (Å²) >= 11 is 0. The van der Waals surface area contributed by atoms with Gasteiger partial charge in [-0.3, -0.25) is 4.68 Å². The minimum absolute atomic E-state index is 0.777. The van der Waals surface area contributed by atoms with Crippen LogP contribution in [0.3, 0.4) is 0 Å². The fourth-order valence-corrected chi connectivity index (χ4v) is 1.89. The second-order valence-electron chi connectivity index (χ2n) is 4.85. The summed E-state index contributed by atoms with van der Waals surface area (Å²) in [4.78, 5) is 0. The van der Waals surface area contributed by atoms with Crippen LogP contribution >= 0.6 is 0 Å². The lowest BCUT2D eigenvalue weighted by Crippen LogP contribution is -2.18. The van der Waals surface area contributed by atoms with Gasteiger partial charge < -0.3 is 5.32 Å². The van der Waals surface area contributed by atoms with Crippen molar-refractivity contribution in [3.05, 3.63) is 22.5 Å². The second-order valence-corrected chi connectivity index (χ2v) is 4.85. The molecule has 0 amide bonds. The smallest absolute Gasteiger partial charge is 0.0668 e. The summed E-state index contributed by atoms with van der Waals surface area (Å²) in [6.45, 7) is 7.37. The molecule has 1 N–H and O–H groups in total. The van der Waals surface area contributed by atoms with Gasteiger partial charge in [-0.1, -0.05) is 11.6 Å². The molecule has 1 heterocycles. The minimum atomic E-state index is 0.777. The average molecular weight is 219 g/mol. The molecular weight excluding hydrogens is 198 g/mol. The van der Waals surface area contributed by atoms with Crippen LogP contribution in [0.15, 0.2) is 5.57 Å². The van der Waals surface area contributed by atoms with Crippen LogP contribution in [0.5, 0.6) is 0 Å². The molecule has 16 heavy (non-hydrogen) atoms. The fraction of sp³-hybridized carbons (Fsp3) is 0.615. The third kappa shape index (κ3) is 2.53. The number of aromatic nitrogens is 2. The van der Waals surface area contributed by atoms with E-state index >= 15 is 0 Å². The van der Waals surface area contributed by atoms with E-state index < -0.39 is 0 Å². The molecule has 1 aromatic rings. The Balaban J connectivity index is 2.07. The Morgan fingerprint density at radius 1 is 1.50 bits per heavy atom. The van der Waals surface area contributed by atoms with E-state index in [9.17, 15) is 0 Å². The molecule has 0 unspecified atom stereocenters. The van der Waals surface area contributed by atoms with E-state index in [1.807, 2.05) is 11.7 Å². The zero-order valence-electron chi connectivity index (χ0n) is 10.7. The molecule has 3 nitrogen and oxygen atoms in total. The van der Waals surface area contributed by atoms with Crippen molar-refractivity contribution in [2.75, 3.05) is 6.54 Å². The van der Waals surface area contributed by atoms with Gasteiger partial charge >= 0.3 is 0 Å². The lowest BCUT2D eigenvalue weighted by molar-refractivity contribution is 0.730. The first-order valence-corrected chi connectivity index (χ1v) is 5.98. The number of rotatable bonds is 4. The summed E-state index contributed by atoms with van der Waals surface area (Å²) in [5, 5.41) is 7.95. The van der Waals surface area contributed by atoms with Crippen LogP contribution in [0, 0.1) is 13.8 Å². The van der Waals surface area contributed by atoms with Crippen LogP contribution in [0.2, 0.25) is 0 Å². The Morgan fingerprint density at radius 3 is 2.69 bits per heavy atom. The van der Waals surface area contributed by atoms with Crippen molar-refractivity contribution in [1.29, 1.82) is 0 Å². The summed E-state index contributed by atoms with van der Waals surface area (Å²) in [7, 11) is 2.00. The summed E-state index contributed by atoms with van der Waals surface area (Å²) in [5.41, 5.74) is 5.01. The third-order valence-electron chi connectivity index (χ3n) is 3.20. The molecule has 2 rings (SSSR count). The summed E-state index contributed by atoms with van der Waals surface area (Å²) < 4.78 is 1.95. The van der Waals surface area contributed by atoms with Crippen molar-refractivity contribution in [2.24, 2.45) is 7.05 Å². The van der Waals surface area contributed by atoms with E-state index in [-0.39, 0.29) is 0 Å². The van der Waals surface area contributed by atoms with E-state index in [1.54, 1.807) is 0 Å². The fourth-order valence-electron chi connectivity index (χ4n) is 1.89. The van der Waals surface area contributed by atoms with Crippen LogP contribution < -0.4 is 5.32 Å². The van der Waals surface area contributed by atoms with Crippen LogP contribution in [0.1, 0.15) is 36.7 Å². The van der Waals surface area contributed by atoms with Gasteiger partial charge in [0, 0.05) is 30.9 Å². The molecule has 0 aromatic carbocycles. The Kier molecular flexibility index (Phi) is 3.15. The predicted molar refractivity (Wildman–Crippen MR) is 67.4 cm³/mol. The number of hydrogen-bond donors (Lipinski definition) is 1. The third-order valence-corrected chi connectivity index (χ3v) is 3.20. The Morgan fingerprint density at radius 2 is 2.19 bits per heavy atom. The van der Waals surface area contributed by atoms with Gasteiger partial charge in [0.15, 0.2) is 0 Å². The van der Waals surface area contributed by atoms with E-state index in [1.165, 1.54) is 29.7 Å². The maximum absolute atomic E-state index is 4.42. The zero-order chi connectivity index (χ0) is 11.7. The number of hydrogen-bond acceptors (Lipinski definition) is 2. The monoisotopic (exact) mass is 219 g/mol. The Labute approximate surface area is 97.5 Å². The highest BCUT2D eigenvalue weighted by Gasteiger charge is 2.19. The highest BCUT2D eigenvalue weighted by atomic mass is 15.3. The number of aryl methyl sites for hydroxylation is 2. The maximum atomic E-state index is 4.42. The summed E-state index contributed by atoms with van der Waals surface area (Å²) in [6, 6.07) is 0.777. The minimum Gasteiger partial charge on any atom is -0.310 e. The quantitative estimate of drug-likeness (QED) is 0.841. The van der Waals surface area contributed by atoms with E-state index in [2.05, 4.69) is 37.3 Å². The van der Waals surface area contributed by atoms with Crippen molar-refractivity contribution in [2.45, 2.75) is 39.7 Å². The van der Waals surface area contributed by atoms with E-state index in [4.69, 9.17) is 0 Å². The molecule has 88 valence electrons. The van der Waals surface area contributed by atoms with Gasteiger partial charge in [-0.2, -0.15) is 5.10 Å². The van der Waals surface area contributed by atoms with Crippen molar-refractivity contribution >= 4 is 6.08 Å². The molecule has 0 aliphatic heterocycles. The van der Waals surface area contributed by atoms with Crippen LogP contribution in [-0.2, 0) is 7.05 Å². The molecule has 1 fully saturated rings. The molecular formula is C13H21N3. The number of nitrogens with one attached hydrogen (secondary N) is 1. The van der Waals surface area contributed by atoms with E-state index in [0.717, 1.165) is 18.3 Å². The maximum Gasteiger partial charge on any atom is 0.0668 e. The largest absolute Gasteiger partial charge is 0.310 e. The standard InChI is InChI=1S/C13H21N3/c1-9(8-14-12-5-6-12)7-13-10(2)15-16(4)11(13)3/h7,12,14H,5-6,8H2,1-4H3. The van der Waals surface area contributed by atoms with Gasteiger partial charge in [0.05, 0.1) is 5.69 Å². The molecule has 3 heteroatoms. The molecule has 0 bridgehead atoms. The molecule has 1 aromatic heterocycles.